The fraction of sp³-hybridized carbons (Fsp3) is 0.400. The van der Waals surface area contributed by atoms with Crippen LogP contribution in [0.5, 0.6) is 11.5 Å². The predicted molar refractivity (Wildman–Crippen MR) is 105 cm³/mol. The second-order valence-corrected chi connectivity index (χ2v) is 7.12. The van der Waals surface area contributed by atoms with Crippen LogP contribution >= 0.6 is 23.2 Å². The molecule has 0 heterocycles. The van der Waals surface area contributed by atoms with E-state index in [4.69, 9.17) is 32.7 Å². The van der Waals surface area contributed by atoms with Gasteiger partial charge in [0.25, 0.3) is 0 Å². The van der Waals surface area contributed by atoms with Crippen molar-refractivity contribution in [3.05, 3.63) is 57.6 Å². The van der Waals surface area contributed by atoms with Crippen molar-refractivity contribution in [1.82, 2.24) is 5.32 Å². The summed E-state index contributed by atoms with van der Waals surface area (Å²) < 4.78 is 11.7. The summed E-state index contributed by atoms with van der Waals surface area (Å²) in [6.45, 7) is 8.92. The summed E-state index contributed by atoms with van der Waals surface area (Å²) in [5.41, 5.74) is 2.05. The maximum absolute atomic E-state index is 6.45. The first-order chi connectivity index (χ1) is 12.0. The van der Waals surface area contributed by atoms with Crippen molar-refractivity contribution >= 4 is 23.2 Å². The Morgan fingerprint density at radius 3 is 2.52 bits per heavy atom. The van der Waals surface area contributed by atoms with E-state index in [1.165, 1.54) is 0 Å². The minimum absolute atomic E-state index is 0.380. The van der Waals surface area contributed by atoms with Gasteiger partial charge in [-0.15, -0.1) is 0 Å². The van der Waals surface area contributed by atoms with Crippen LogP contribution in [0.2, 0.25) is 10.0 Å². The molecule has 0 aliphatic rings. The van der Waals surface area contributed by atoms with E-state index < -0.39 is 0 Å². The van der Waals surface area contributed by atoms with Crippen molar-refractivity contribution in [3.8, 4) is 11.5 Å². The zero-order valence-corrected chi connectivity index (χ0v) is 16.5. The highest BCUT2D eigenvalue weighted by atomic mass is 35.5. The molecule has 0 saturated carbocycles. The standard InChI is InChI=1S/C20H25Cl2NO2/c1-4-24-19-10-16(12-23-11-14(2)3)9-18(22)20(19)25-13-15-6-5-7-17(21)8-15/h5-10,14,23H,4,11-13H2,1-3H3. The average Bonchev–Trinajstić information content (AvgIpc) is 2.54. The van der Waals surface area contributed by atoms with Crippen LogP contribution in [0, 0.1) is 5.92 Å². The van der Waals surface area contributed by atoms with Crippen molar-refractivity contribution in [2.75, 3.05) is 13.2 Å². The second kappa shape index (κ2) is 9.91. The maximum Gasteiger partial charge on any atom is 0.180 e. The Morgan fingerprint density at radius 1 is 1.04 bits per heavy atom. The highest BCUT2D eigenvalue weighted by Crippen LogP contribution is 2.37. The van der Waals surface area contributed by atoms with E-state index in [1.54, 1.807) is 0 Å². The molecule has 0 radical (unpaired) electrons. The highest BCUT2D eigenvalue weighted by Gasteiger charge is 2.13. The normalized spacial score (nSPS) is 11.0. The van der Waals surface area contributed by atoms with Crippen LogP contribution < -0.4 is 14.8 Å². The molecular formula is C20H25Cl2NO2. The second-order valence-electron chi connectivity index (χ2n) is 6.28. The van der Waals surface area contributed by atoms with Gasteiger partial charge in [0.15, 0.2) is 11.5 Å². The quantitative estimate of drug-likeness (QED) is 0.602. The van der Waals surface area contributed by atoms with Crippen molar-refractivity contribution in [1.29, 1.82) is 0 Å². The Morgan fingerprint density at radius 2 is 1.84 bits per heavy atom. The topological polar surface area (TPSA) is 30.5 Å². The van der Waals surface area contributed by atoms with Crippen LogP contribution in [-0.4, -0.2) is 13.2 Å². The fourth-order valence-corrected chi connectivity index (χ4v) is 2.91. The number of rotatable bonds is 9. The zero-order valence-electron chi connectivity index (χ0n) is 14.9. The van der Waals surface area contributed by atoms with Gasteiger partial charge in [-0.1, -0.05) is 49.2 Å². The lowest BCUT2D eigenvalue weighted by atomic mass is 10.1. The van der Waals surface area contributed by atoms with Gasteiger partial charge in [0, 0.05) is 11.6 Å². The summed E-state index contributed by atoms with van der Waals surface area (Å²) >= 11 is 12.5. The van der Waals surface area contributed by atoms with Crippen LogP contribution in [0.1, 0.15) is 31.9 Å². The minimum Gasteiger partial charge on any atom is -0.490 e. The Kier molecular flexibility index (Phi) is 7.89. The molecule has 1 N–H and O–H groups in total. The van der Waals surface area contributed by atoms with Crippen molar-refractivity contribution in [3.63, 3.8) is 0 Å². The predicted octanol–water partition coefficient (Wildman–Crippen LogP) is 5.72. The Bertz CT molecular complexity index is 689. The van der Waals surface area contributed by atoms with Gasteiger partial charge in [-0.2, -0.15) is 0 Å². The molecule has 136 valence electrons. The van der Waals surface area contributed by atoms with Crippen molar-refractivity contribution in [2.24, 2.45) is 5.92 Å². The third-order valence-corrected chi connectivity index (χ3v) is 4.04. The third kappa shape index (κ3) is 6.43. The minimum atomic E-state index is 0.380. The number of hydrogen-bond acceptors (Lipinski definition) is 3. The molecule has 0 bridgehead atoms. The molecule has 0 aliphatic carbocycles. The first kappa shape index (κ1) is 19.9. The Hall–Kier alpha value is -1.42. The van der Waals surface area contributed by atoms with Gasteiger partial charge >= 0.3 is 0 Å². The van der Waals surface area contributed by atoms with Gasteiger partial charge in [0.1, 0.15) is 6.61 Å². The summed E-state index contributed by atoms with van der Waals surface area (Å²) in [6, 6.07) is 11.5. The van der Waals surface area contributed by atoms with Gasteiger partial charge in [0.2, 0.25) is 0 Å². The first-order valence-electron chi connectivity index (χ1n) is 8.52. The SMILES string of the molecule is CCOc1cc(CNCC(C)C)cc(Cl)c1OCc1cccc(Cl)c1. The van der Waals surface area contributed by atoms with Crippen LogP contribution in [-0.2, 0) is 13.2 Å². The summed E-state index contributed by atoms with van der Waals surface area (Å²) in [4.78, 5) is 0. The van der Waals surface area contributed by atoms with E-state index in [-0.39, 0.29) is 0 Å². The number of hydrogen-bond donors (Lipinski definition) is 1. The average molecular weight is 382 g/mol. The molecular weight excluding hydrogens is 357 g/mol. The molecule has 0 saturated heterocycles. The molecule has 0 spiro atoms. The van der Waals surface area contributed by atoms with E-state index in [1.807, 2.05) is 43.3 Å². The molecule has 0 aromatic heterocycles. The van der Waals surface area contributed by atoms with Crippen LogP contribution in [0.15, 0.2) is 36.4 Å². The van der Waals surface area contributed by atoms with Gasteiger partial charge < -0.3 is 14.8 Å². The number of ether oxygens (including phenoxy) is 2. The van der Waals surface area contributed by atoms with Crippen LogP contribution in [0.4, 0.5) is 0 Å². The molecule has 0 aliphatic heterocycles. The lowest BCUT2D eigenvalue weighted by Gasteiger charge is -2.16. The number of benzene rings is 2. The first-order valence-corrected chi connectivity index (χ1v) is 9.28. The largest absolute Gasteiger partial charge is 0.490 e. The van der Waals surface area contributed by atoms with E-state index in [0.29, 0.717) is 40.7 Å². The lowest BCUT2D eigenvalue weighted by Crippen LogP contribution is -2.19. The van der Waals surface area contributed by atoms with E-state index in [0.717, 1.165) is 24.2 Å². The van der Waals surface area contributed by atoms with Gasteiger partial charge in [0.05, 0.1) is 11.6 Å². The molecule has 2 aromatic rings. The summed E-state index contributed by atoms with van der Waals surface area (Å²) in [7, 11) is 0. The summed E-state index contributed by atoms with van der Waals surface area (Å²) in [6.07, 6.45) is 0. The number of nitrogens with one attached hydrogen (secondary N) is 1. The van der Waals surface area contributed by atoms with E-state index in [9.17, 15) is 0 Å². The summed E-state index contributed by atoms with van der Waals surface area (Å²) in [5.74, 6) is 1.83. The summed E-state index contributed by atoms with van der Waals surface area (Å²) in [5, 5.41) is 4.65. The van der Waals surface area contributed by atoms with E-state index in [2.05, 4.69) is 19.2 Å². The fourth-order valence-electron chi connectivity index (χ4n) is 2.41. The molecule has 0 fully saturated rings. The molecule has 0 amide bonds. The number of halogens is 2. The van der Waals surface area contributed by atoms with Gasteiger partial charge in [-0.3, -0.25) is 0 Å². The zero-order chi connectivity index (χ0) is 18.2. The van der Waals surface area contributed by atoms with Crippen LogP contribution in [0.3, 0.4) is 0 Å². The van der Waals surface area contributed by atoms with Gasteiger partial charge in [-0.05, 0) is 54.8 Å². The molecule has 0 unspecified atom stereocenters. The monoisotopic (exact) mass is 381 g/mol. The van der Waals surface area contributed by atoms with Crippen molar-refractivity contribution in [2.45, 2.75) is 33.9 Å². The lowest BCUT2D eigenvalue weighted by molar-refractivity contribution is 0.269. The molecule has 2 aromatic carbocycles. The molecule has 5 heteroatoms. The maximum atomic E-state index is 6.45. The Labute approximate surface area is 160 Å². The van der Waals surface area contributed by atoms with Crippen molar-refractivity contribution < 1.29 is 9.47 Å². The van der Waals surface area contributed by atoms with Gasteiger partial charge in [-0.25, -0.2) is 0 Å². The van der Waals surface area contributed by atoms with E-state index >= 15 is 0 Å². The Balaban J connectivity index is 2.12. The molecule has 2 rings (SSSR count). The molecule has 3 nitrogen and oxygen atoms in total. The molecule has 0 atom stereocenters. The van der Waals surface area contributed by atoms with Crippen LogP contribution in [0.25, 0.3) is 0 Å². The third-order valence-electron chi connectivity index (χ3n) is 3.52. The smallest absolute Gasteiger partial charge is 0.180 e. The highest BCUT2D eigenvalue weighted by molar-refractivity contribution is 6.32. The molecule has 25 heavy (non-hydrogen) atoms.